The average Bonchev–Trinajstić information content (AvgIpc) is 1.88. The maximum atomic E-state index is 8.52. The molecule has 0 bridgehead atoms. The number of aromatic nitrogens is 1. The molecule has 0 unspecified atom stereocenters. The molecular weight excluding hydrogens is 363 g/mol. The first-order valence-electron chi connectivity index (χ1n) is 2.52. The van der Waals surface area contributed by atoms with Crippen LogP contribution in [0.5, 0.6) is 0 Å². The van der Waals surface area contributed by atoms with Crippen LogP contribution in [0.2, 0.25) is 0 Å². The molecule has 0 fully saturated rings. The van der Waals surface area contributed by atoms with E-state index in [1.54, 1.807) is 12.4 Å². The summed E-state index contributed by atoms with van der Waals surface area (Å²) in [7, 11) is -5.17. The van der Waals surface area contributed by atoms with E-state index in [4.69, 9.17) is 17.5 Å². The first-order chi connectivity index (χ1) is 5.00. The Morgan fingerprint density at radius 1 is 0.824 bits per heavy atom. The molecule has 0 saturated carbocycles. The van der Waals surface area contributed by atoms with E-state index in [0.29, 0.717) is 0 Å². The summed E-state index contributed by atoms with van der Waals surface area (Å²) in [4.78, 5) is 3.78. The Balaban J connectivity index is -0.0000000176. The van der Waals surface area contributed by atoms with Gasteiger partial charge in [0.1, 0.15) is 0 Å². The molecule has 1 aromatic rings. The van der Waals surface area contributed by atoms with Gasteiger partial charge in [-0.15, -0.1) is 0 Å². The fourth-order valence-corrected chi connectivity index (χ4v) is 0.313. The maximum Gasteiger partial charge on any atom is 3.00 e. The van der Waals surface area contributed by atoms with Crippen LogP contribution < -0.4 is 12.4 Å². The Labute approximate surface area is 120 Å². The van der Waals surface area contributed by atoms with E-state index in [2.05, 4.69) is 4.98 Å². The van der Waals surface area contributed by atoms with E-state index in [-0.39, 0.29) is 56.5 Å². The van der Waals surface area contributed by atoms with Crippen molar-refractivity contribution in [1.82, 2.24) is 4.98 Å². The number of halogens is 1. The van der Waals surface area contributed by atoms with Crippen LogP contribution in [-0.2, 0) is 29.9 Å². The van der Waals surface area contributed by atoms with Crippen molar-refractivity contribution in [2.45, 2.75) is 0 Å². The second-order valence-electron chi connectivity index (χ2n) is 1.43. The van der Waals surface area contributed by atoms with Gasteiger partial charge in [0.25, 0.3) is 0 Å². The standard InChI is InChI=1S/C5H5N.ClH.4H2N.H2O4S.Ru/c1-2-4-6-5-3-1;;;;;;1-5(2,3)4;/h1-5H;1H;4*1H2;(H2,1,2,3,4);/q;;4*-1;;+3/p-3. The Bertz CT molecular complexity index is 255. The summed E-state index contributed by atoms with van der Waals surface area (Å²) in [5, 5.41) is 0. The van der Waals surface area contributed by atoms with Crippen molar-refractivity contribution in [1.29, 1.82) is 0 Å². The Morgan fingerprint density at radius 2 is 1.06 bits per heavy atom. The van der Waals surface area contributed by atoms with E-state index in [9.17, 15) is 0 Å². The first-order valence-corrected chi connectivity index (χ1v) is 3.85. The molecule has 0 aromatic carbocycles. The number of pyridine rings is 1. The summed E-state index contributed by atoms with van der Waals surface area (Å²) < 4.78 is 34.1. The van der Waals surface area contributed by atoms with Crippen molar-refractivity contribution < 1.29 is 49.4 Å². The molecule has 0 aliphatic heterocycles. The molecule has 1 rings (SSSR count). The molecule has 0 aliphatic carbocycles. The number of rotatable bonds is 0. The normalized spacial score (nSPS) is 6.24. The van der Waals surface area contributed by atoms with Crippen LogP contribution in [0.1, 0.15) is 0 Å². The zero-order chi connectivity index (χ0) is 8.74. The monoisotopic (exact) mass is 376 g/mol. The Morgan fingerprint density at radius 3 is 1.12 bits per heavy atom. The second-order valence-corrected chi connectivity index (χ2v) is 2.25. The molecule has 0 saturated heterocycles. The maximum absolute atomic E-state index is 8.52. The quantitative estimate of drug-likeness (QED) is 0.334. The largest absolute Gasteiger partial charge is 3.00 e. The van der Waals surface area contributed by atoms with Gasteiger partial charge in [0, 0.05) is 22.8 Å². The van der Waals surface area contributed by atoms with Gasteiger partial charge in [-0.1, -0.05) is 6.07 Å². The third kappa shape index (κ3) is 89.8. The minimum absolute atomic E-state index is 0. The summed E-state index contributed by atoms with van der Waals surface area (Å²) in [5.41, 5.74) is 0. The molecule has 1 radical (unpaired) electrons. The SMILES string of the molecule is O=S(=O)([O-])[O-].[Cl-].[NH2-].[NH2-].[NH2-].[NH2-].[Ru+3].c1ccncc1. The van der Waals surface area contributed by atoms with E-state index >= 15 is 0 Å². The van der Waals surface area contributed by atoms with Crippen LogP contribution in [0.15, 0.2) is 30.6 Å². The van der Waals surface area contributed by atoms with Crippen LogP contribution >= 0.6 is 0 Å². The number of nitrogens with two attached hydrogens (primary N) is 4. The predicted molar refractivity (Wildman–Crippen MR) is 55.8 cm³/mol. The van der Waals surface area contributed by atoms with E-state index in [0.717, 1.165) is 0 Å². The smallest absolute Gasteiger partial charge is 1.00 e. The van der Waals surface area contributed by atoms with Gasteiger partial charge in [-0.3, -0.25) is 13.4 Å². The van der Waals surface area contributed by atoms with Gasteiger partial charge in [-0.2, -0.15) is 0 Å². The van der Waals surface area contributed by atoms with Crippen LogP contribution in [-0.4, -0.2) is 22.5 Å². The summed E-state index contributed by atoms with van der Waals surface area (Å²) in [5.74, 6) is 0. The molecule has 0 aliphatic rings. The van der Waals surface area contributed by atoms with E-state index in [1.807, 2.05) is 18.2 Å². The van der Waals surface area contributed by atoms with Gasteiger partial charge < -0.3 is 46.1 Å². The minimum Gasteiger partial charge on any atom is -1.00 e. The molecule has 17 heavy (non-hydrogen) atoms. The zero-order valence-electron chi connectivity index (χ0n) is 8.42. The number of nitrogens with zero attached hydrogens (tertiary/aromatic N) is 1. The summed E-state index contributed by atoms with van der Waals surface area (Å²) in [6.07, 6.45) is 3.50. The van der Waals surface area contributed by atoms with E-state index in [1.165, 1.54) is 0 Å². The van der Waals surface area contributed by atoms with Crippen LogP contribution in [0, 0.1) is 0 Å². The molecule has 0 spiro atoms. The molecule has 0 amide bonds. The van der Waals surface area contributed by atoms with E-state index < -0.39 is 10.4 Å². The molecule has 1 heterocycles. The fourth-order valence-electron chi connectivity index (χ4n) is 0.313. The average molecular weight is 376 g/mol. The number of hydrogen-bond acceptors (Lipinski definition) is 5. The summed E-state index contributed by atoms with van der Waals surface area (Å²) >= 11 is 0. The summed E-state index contributed by atoms with van der Waals surface area (Å²) in [6, 6.07) is 5.72. The molecule has 8 N–H and O–H groups in total. The third-order valence-corrected chi connectivity index (χ3v) is 0.566. The Kier molecular flexibility index (Phi) is 63.8. The summed E-state index contributed by atoms with van der Waals surface area (Å²) in [6.45, 7) is 0. The number of hydrogen-bond donors (Lipinski definition) is 0. The third-order valence-electron chi connectivity index (χ3n) is 0.566. The molecule has 0 atom stereocenters. The molecular formula is C5H13ClN5O4RuS-4. The fraction of sp³-hybridized carbons (Fsp3) is 0. The van der Waals surface area contributed by atoms with Gasteiger partial charge in [0.05, 0.1) is 0 Å². The van der Waals surface area contributed by atoms with Crippen molar-refractivity contribution in [3.63, 3.8) is 0 Å². The van der Waals surface area contributed by atoms with Crippen molar-refractivity contribution in [2.24, 2.45) is 0 Å². The molecule has 9 nitrogen and oxygen atoms in total. The van der Waals surface area contributed by atoms with Crippen molar-refractivity contribution in [3.05, 3.63) is 55.2 Å². The van der Waals surface area contributed by atoms with Crippen LogP contribution in [0.25, 0.3) is 24.6 Å². The van der Waals surface area contributed by atoms with Gasteiger partial charge in [-0.25, -0.2) is 0 Å². The van der Waals surface area contributed by atoms with Crippen molar-refractivity contribution in [3.8, 4) is 0 Å². The second kappa shape index (κ2) is 24.8. The van der Waals surface area contributed by atoms with Gasteiger partial charge in [-0.05, 0) is 12.1 Å². The Hall–Kier alpha value is -0.227. The van der Waals surface area contributed by atoms with Crippen LogP contribution in [0.4, 0.5) is 0 Å². The predicted octanol–water partition coefficient (Wildman–Crippen LogP) is -0.386. The molecule has 107 valence electrons. The molecule has 1 aromatic heterocycles. The molecule has 12 heteroatoms. The minimum atomic E-state index is -5.17. The van der Waals surface area contributed by atoms with Gasteiger partial charge in [0.2, 0.25) is 0 Å². The van der Waals surface area contributed by atoms with Crippen molar-refractivity contribution >= 4 is 10.4 Å². The van der Waals surface area contributed by atoms with Gasteiger partial charge in [0.15, 0.2) is 0 Å². The topological polar surface area (TPSA) is 227 Å². The zero-order valence-corrected chi connectivity index (χ0v) is 11.7. The first kappa shape index (κ1) is 43.7. The van der Waals surface area contributed by atoms with Crippen LogP contribution in [0.3, 0.4) is 0 Å². The van der Waals surface area contributed by atoms with Gasteiger partial charge >= 0.3 is 19.5 Å². The van der Waals surface area contributed by atoms with Crippen molar-refractivity contribution in [2.75, 3.05) is 0 Å².